The number of alkyl carbamates (subject to hydrolysis) is 1. The molecule has 8 heteroatoms. The van der Waals surface area contributed by atoms with E-state index in [1.807, 2.05) is 45.9 Å². The maximum Gasteiger partial charge on any atom is 0.407 e. The van der Waals surface area contributed by atoms with Crippen LogP contribution in [0, 0.1) is 6.92 Å². The van der Waals surface area contributed by atoms with Crippen molar-refractivity contribution in [1.29, 1.82) is 0 Å². The number of guanidine groups is 1. The summed E-state index contributed by atoms with van der Waals surface area (Å²) in [5.41, 5.74) is 1.43. The SMILES string of the molecule is CCCCC(CNC(=O)OC(C)(C)C)NC(=NC)NCc1cccc(C)n1.I. The predicted octanol–water partition coefficient (Wildman–Crippen LogP) is 3.76. The number of hydrogen-bond acceptors (Lipinski definition) is 4. The van der Waals surface area contributed by atoms with Crippen LogP contribution in [0.3, 0.4) is 0 Å². The molecule has 1 aromatic heterocycles. The molecule has 3 N–H and O–H groups in total. The highest BCUT2D eigenvalue weighted by atomic mass is 127. The summed E-state index contributed by atoms with van der Waals surface area (Å²) < 4.78 is 5.31. The summed E-state index contributed by atoms with van der Waals surface area (Å²) in [6.45, 7) is 10.7. The fourth-order valence-corrected chi connectivity index (χ4v) is 2.46. The summed E-state index contributed by atoms with van der Waals surface area (Å²) in [6, 6.07) is 6.00. The Labute approximate surface area is 186 Å². The molecular weight excluding hydrogens is 469 g/mol. The zero-order chi connectivity index (χ0) is 20.3. The third kappa shape index (κ3) is 12.0. The summed E-state index contributed by atoms with van der Waals surface area (Å²) in [6.07, 6.45) is 2.67. The molecule has 1 aromatic rings. The molecule has 28 heavy (non-hydrogen) atoms. The number of amides is 1. The molecule has 0 aliphatic rings. The van der Waals surface area contributed by atoms with Gasteiger partial charge in [0.25, 0.3) is 0 Å². The van der Waals surface area contributed by atoms with Crippen molar-refractivity contribution in [3.63, 3.8) is 0 Å². The lowest BCUT2D eigenvalue weighted by molar-refractivity contribution is 0.0523. The van der Waals surface area contributed by atoms with Crippen molar-refractivity contribution in [2.75, 3.05) is 13.6 Å². The van der Waals surface area contributed by atoms with E-state index < -0.39 is 11.7 Å². The van der Waals surface area contributed by atoms with Crippen LogP contribution in [-0.4, -0.2) is 42.3 Å². The van der Waals surface area contributed by atoms with Crippen LogP contribution < -0.4 is 16.0 Å². The number of carbonyl (C=O) groups excluding carboxylic acids is 1. The van der Waals surface area contributed by atoms with Crippen molar-refractivity contribution in [1.82, 2.24) is 20.9 Å². The number of halogens is 1. The number of ether oxygens (including phenoxy) is 1. The summed E-state index contributed by atoms with van der Waals surface area (Å²) in [5.74, 6) is 0.686. The third-order valence-corrected chi connectivity index (χ3v) is 3.75. The number of pyridine rings is 1. The minimum absolute atomic E-state index is 0. The maximum absolute atomic E-state index is 11.9. The molecule has 160 valence electrons. The Balaban J connectivity index is 0.00000729. The number of aryl methyl sites for hydroxylation is 1. The van der Waals surface area contributed by atoms with Gasteiger partial charge in [-0.15, -0.1) is 24.0 Å². The molecule has 0 saturated heterocycles. The molecule has 0 aromatic carbocycles. The van der Waals surface area contributed by atoms with E-state index in [0.29, 0.717) is 19.0 Å². The van der Waals surface area contributed by atoms with Crippen LogP contribution in [0.1, 0.15) is 58.3 Å². The number of rotatable bonds is 8. The van der Waals surface area contributed by atoms with E-state index in [-0.39, 0.29) is 30.0 Å². The van der Waals surface area contributed by atoms with Gasteiger partial charge in [-0.3, -0.25) is 9.98 Å². The minimum Gasteiger partial charge on any atom is -0.444 e. The summed E-state index contributed by atoms with van der Waals surface area (Å²) in [7, 11) is 1.73. The molecule has 1 heterocycles. The fraction of sp³-hybridized carbons (Fsp3) is 0.650. The third-order valence-electron chi connectivity index (χ3n) is 3.75. The first kappa shape index (κ1) is 26.4. The lowest BCUT2D eigenvalue weighted by atomic mass is 10.1. The molecule has 0 bridgehead atoms. The minimum atomic E-state index is -0.505. The molecule has 1 rings (SSSR count). The molecule has 7 nitrogen and oxygen atoms in total. The Hall–Kier alpha value is -1.58. The van der Waals surface area contributed by atoms with Crippen LogP contribution in [0.25, 0.3) is 0 Å². The Morgan fingerprint density at radius 3 is 2.57 bits per heavy atom. The van der Waals surface area contributed by atoms with Crippen LogP contribution >= 0.6 is 24.0 Å². The van der Waals surface area contributed by atoms with Gasteiger partial charge in [-0.1, -0.05) is 25.8 Å². The normalized spacial score (nSPS) is 12.6. The largest absolute Gasteiger partial charge is 0.444 e. The topological polar surface area (TPSA) is 87.6 Å². The van der Waals surface area contributed by atoms with Gasteiger partial charge in [0.1, 0.15) is 5.60 Å². The second-order valence-electron chi connectivity index (χ2n) is 7.56. The first-order valence-corrected chi connectivity index (χ1v) is 9.60. The Morgan fingerprint density at radius 2 is 2.00 bits per heavy atom. The van der Waals surface area contributed by atoms with E-state index in [0.717, 1.165) is 30.7 Å². The van der Waals surface area contributed by atoms with Gasteiger partial charge in [0.2, 0.25) is 0 Å². The molecule has 0 fully saturated rings. The van der Waals surface area contributed by atoms with Crippen LogP contribution in [0.2, 0.25) is 0 Å². The van der Waals surface area contributed by atoms with Gasteiger partial charge >= 0.3 is 6.09 Å². The summed E-state index contributed by atoms with van der Waals surface area (Å²) in [5, 5.41) is 9.50. The molecule has 1 atom stereocenters. The van der Waals surface area contributed by atoms with Gasteiger partial charge in [0.05, 0.1) is 12.2 Å². The van der Waals surface area contributed by atoms with Crippen molar-refractivity contribution in [2.24, 2.45) is 4.99 Å². The lowest BCUT2D eigenvalue weighted by Gasteiger charge is -2.24. The molecule has 1 amide bonds. The quantitative estimate of drug-likeness (QED) is 0.285. The van der Waals surface area contributed by atoms with E-state index in [1.54, 1.807) is 7.05 Å². The van der Waals surface area contributed by atoms with Crippen molar-refractivity contribution in [2.45, 2.75) is 72.1 Å². The molecule has 0 aliphatic heterocycles. The molecule has 0 aliphatic carbocycles. The Kier molecular flexibility index (Phi) is 12.8. The van der Waals surface area contributed by atoms with Crippen LogP contribution in [-0.2, 0) is 11.3 Å². The first-order chi connectivity index (χ1) is 12.7. The molecule has 0 radical (unpaired) electrons. The molecule has 0 saturated carbocycles. The van der Waals surface area contributed by atoms with E-state index in [4.69, 9.17) is 4.74 Å². The number of hydrogen-bond donors (Lipinski definition) is 3. The highest BCUT2D eigenvalue weighted by Crippen LogP contribution is 2.07. The Morgan fingerprint density at radius 1 is 1.29 bits per heavy atom. The van der Waals surface area contributed by atoms with Gasteiger partial charge in [-0.25, -0.2) is 4.79 Å². The van der Waals surface area contributed by atoms with Gasteiger partial charge in [-0.2, -0.15) is 0 Å². The monoisotopic (exact) mass is 505 g/mol. The van der Waals surface area contributed by atoms with Gasteiger partial charge in [0, 0.05) is 25.3 Å². The molecule has 1 unspecified atom stereocenters. The highest BCUT2D eigenvalue weighted by Gasteiger charge is 2.18. The van der Waals surface area contributed by atoms with Crippen molar-refractivity contribution in [3.8, 4) is 0 Å². The number of nitrogens with zero attached hydrogens (tertiary/aromatic N) is 2. The van der Waals surface area contributed by atoms with Crippen molar-refractivity contribution >= 4 is 36.0 Å². The fourth-order valence-electron chi connectivity index (χ4n) is 2.46. The van der Waals surface area contributed by atoms with Crippen LogP contribution in [0.15, 0.2) is 23.2 Å². The van der Waals surface area contributed by atoms with Crippen molar-refractivity contribution < 1.29 is 9.53 Å². The van der Waals surface area contributed by atoms with Crippen LogP contribution in [0.4, 0.5) is 4.79 Å². The van der Waals surface area contributed by atoms with Gasteiger partial charge in [-0.05, 0) is 46.2 Å². The molecule has 0 spiro atoms. The molecular formula is C20H36IN5O2. The van der Waals surface area contributed by atoms with E-state index in [9.17, 15) is 4.79 Å². The van der Waals surface area contributed by atoms with E-state index >= 15 is 0 Å². The maximum atomic E-state index is 11.9. The first-order valence-electron chi connectivity index (χ1n) is 9.60. The summed E-state index contributed by atoms with van der Waals surface area (Å²) in [4.78, 5) is 20.7. The number of nitrogens with one attached hydrogen (secondary N) is 3. The number of aromatic nitrogens is 1. The predicted molar refractivity (Wildman–Crippen MR) is 125 cm³/mol. The summed E-state index contributed by atoms with van der Waals surface area (Å²) >= 11 is 0. The lowest BCUT2D eigenvalue weighted by Crippen LogP contribution is -2.48. The number of aliphatic imine (C=N–C) groups is 1. The van der Waals surface area contributed by atoms with E-state index in [1.165, 1.54) is 0 Å². The zero-order valence-electron chi connectivity index (χ0n) is 18.0. The highest BCUT2D eigenvalue weighted by molar-refractivity contribution is 14.0. The second kappa shape index (κ2) is 13.6. The van der Waals surface area contributed by atoms with Gasteiger partial charge < -0.3 is 20.7 Å². The average molecular weight is 505 g/mol. The van der Waals surface area contributed by atoms with E-state index in [2.05, 4.69) is 32.9 Å². The van der Waals surface area contributed by atoms with Crippen molar-refractivity contribution in [3.05, 3.63) is 29.6 Å². The van der Waals surface area contributed by atoms with Crippen LogP contribution in [0.5, 0.6) is 0 Å². The second-order valence-corrected chi connectivity index (χ2v) is 7.56. The standard InChI is InChI=1S/C20H35N5O2.HI/c1-7-8-11-17(14-23-19(26)27-20(3,4)5)25-18(21-6)22-13-16-12-9-10-15(2)24-16;/h9-10,12,17H,7-8,11,13-14H2,1-6H3,(H,23,26)(H2,21,22,25);1H. The smallest absolute Gasteiger partial charge is 0.407 e. The number of unbranched alkanes of at least 4 members (excludes halogenated alkanes) is 1. The average Bonchev–Trinajstić information content (AvgIpc) is 2.59. The number of carbonyl (C=O) groups is 1. The van der Waals surface area contributed by atoms with Gasteiger partial charge in [0.15, 0.2) is 5.96 Å². The zero-order valence-corrected chi connectivity index (χ0v) is 20.3. The Bertz CT molecular complexity index is 617.